The van der Waals surface area contributed by atoms with Gasteiger partial charge in [-0.3, -0.25) is 0 Å². The summed E-state index contributed by atoms with van der Waals surface area (Å²) >= 11 is 0. The number of aliphatic hydroxyl groups is 1. The Bertz CT molecular complexity index is 335. The van der Waals surface area contributed by atoms with E-state index in [1.54, 1.807) is 0 Å². The molecule has 1 rings (SSSR count). The third kappa shape index (κ3) is 3.56. The number of hydrogen-bond donors (Lipinski definition) is 1. The van der Waals surface area contributed by atoms with Crippen molar-refractivity contribution in [1.82, 2.24) is 0 Å². The molecule has 0 bridgehead atoms. The quantitative estimate of drug-likeness (QED) is 0.833. The molecule has 0 aliphatic rings. The van der Waals surface area contributed by atoms with Gasteiger partial charge in [0.25, 0.3) is 0 Å². The van der Waals surface area contributed by atoms with E-state index >= 15 is 0 Å². The predicted molar refractivity (Wildman–Crippen MR) is 60.0 cm³/mol. The van der Waals surface area contributed by atoms with Gasteiger partial charge < -0.3 is 5.11 Å². The molecule has 0 aromatic heterocycles. The molecule has 0 amide bonds. The van der Waals surface area contributed by atoms with Crippen LogP contribution in [0.2, 0.25) is 0 Å². The fourth-order valence-corrected chi connectivity index (χ4v) is 1.54. The normalized spacial score (nSPS) is 13.9. The number of hydrogen-bond acceptors (Lipinski definition) is 1. The minimum atomic E-state index is -1.07. The predicted octanol–water partition coefficient (Wildman–Crippen LogP) is 3.82. The molecule has 1 nitrogen and oxygen atoms in total. The monoisotopic (exact) mass is 228 g/mol. The van der Waals surface area contributed by atoms with E-state index < -0.39 is 17.7 Å². The van der Waals surface area contributed by atoms with Gasteiger partial charge in [0.1, 0.15) is 11.6 Å². The summed E-state index contributed by atoms with van der Waals surface area (Å²) in [5, 5.41) is 9.77. The summed E-state index contributed by atoms with van der Waals surface area (Å²) in [5.41, 5.74) is -0.172. The van der Waals surface area contributed by atoms with Crippen molar-refractivity contribution < 1.29 is 13.9 Å². The first-order chi connectivity index (χ1) is 7.31. The summed E-state index contributed by atoms with van der Waals surface area (Å²) in [5.74, 6) is -1.36. The van der Waals surface area contributed by atoms with Crippen LogP contribution in [0, 0.1) is 17.0 Å². The van der Waals surface area contributed by atoms with Crippen LogP contribution in [0.25, 0.3) is 0 Å². The van der Waals surface area contributed by atoms with Crippen molar-refractivity contribution in [3.05, 3.63) is 35.4 Å². The highest BCUT2D eigenvalue weighted by atomic mass is 19.1. The molecule has 0 radical (unpaired) electrons. The number of rotatable bonds is 3. The van der Waals surface area contributed by atoms with Crippen molar-refractivity contribution in [1.29, 1.82) is 0 Å². The summed E-state index contributed by atoms with van der Waals surface area (Å²) in [6.45, 7) is 6.08. The standard InChI is InChI=1S/C13H18F2O/c1-13(2,3)8-7-11(16)12-9(14)5-4-6-10(12)15/h4-6,11,16H,7-8H2,1-3H3. The zero-order valence-corrected chi connectivity index (χ0v) is 9.93. The molecular formula is C13H18F2O. The van der Waals surface area contributed by atoms with Gasteiger partial charge >= 0.3 is 0 Å². The molecule has 0 aliphatic carbocycles. The van der Waals surface area contributed by atoms with E-state index in [9.17, 15) is 13.9 Å². The zero-order valence-electron chi connectivity index (χ0n) is 9.93. The van der Waals surface area contributed by atoms with Crippen LogP contribution in [0.3, 0.4) is 0 Å². The van der Waals surface area contributed by atoms with Gasteiger partial charge in [0.05, 0.1) is 11.7 Å². The van der Waals surface area contributed by atoms with Crippen LogP contribution in [0.5, 0.6) is 0 Å². The molecular weight excluding hydrogens is 210 g/mol. The molecule has 90 valence electrons. The average molecular weight is 228 g/mol. The maximum absolute atomic E-state index is 13.3. The second-order valence-corrected chi connectivity index (χ2v) is 5.25. The largest absolute Gasteiger partial charge is 0.388 e. The van der Waals surface area contributed by atoms with E-state index in [1.807, 2.05) is 20.8 Å². The summed E-state index contributed by atoms with van der Waals surface area (Å²) in [6, 6.07) is 3.63. The average Bonchev–Trinajstić information content (AvgIpc) is 2.13. The molecule has 1 aromatic carbocycles. The van der Waals surface area contributed by atoms with E-state index in [4.69, 9.17) is 0 Å². The maximum atomic E-state index is 13.3. The van der Waals surface area contributed by atoms with Gasteiger partial charge in [-0.05, 0) is 30.4 Å². The Morgan fingerprint density at radius 2 is 1.69 bits per heavy atom. The SMILES string of the molecule is CC(C)(C)CCC(O)c1c(F)cccc1F. The zero-order chi connectivity index (χ0) is 12.3. The highest BCUT2D eigenvalue weighted by Gasteiger charge is 2.20. The van der Waals surface area contributed by atoms with Crippen LogP contribution in [0.1, 0.15) is 45.3 Å². The van der Waals surface area contributed by atoms with E-state index in [0.717, 1.165) is 0 Å². The van der Waals surface area contributed by atoms with Crippen LogP contribution in [-0.2, 0) is 0 Å². The molecule has 0 aliphatic heterocycles. The number of benzene rings is 1. The molecule has 1 unspecified atom stereocenters. The van der Waals surface area contributed by atoms with Crippen molar-refractivity contribution >= 4 is 0 Å². The van der Waals surface area contributed by atoms with Gasteiger partial charge in [-0.2, -0.15) is 0 Å². The lowest BCUT2D eigenvalue weighted by Gasteiger charge is -2.20. The van der Waals surface area contributed by atoms with E-state index in [-0.39, 0.29) is 11.0 Å². The van der Waals surface area contributed by atoms with Crippen molar-refractivity contribution in [2.24, 2.45) is 5.41 Å². The molecule has 0 heterocycles. The first-order valence-corrected chi connectivity index (χ1v) is 5.43. The Kier molecular flexibility index (Phi) is 4.03. The van der Waals surface area contributed by atoms with Crippen LogP contribution in [-0.4, -0.2) is 5.11 Å². The molecule has 0 fully saturated rings. The molecule has 1 N–H and O–H groups in total. The first-order valence-electron chi connectivity index (χ1n) is 5.43. The van der Waals surface area contributed by atoms with Crippen molar-refractivity contribution in [3.8, 4) is 0 Å². The Labute approximate surface area is 95.1 Å². The van der Waals surface area contributed by atoms with Gasteiger partial charge in [-0.1, -0.05) is 26.8 Å². The van der Waals surface area contributed by atoms with Gasteiger partial charge in [0.15, 0.2) is 0 Å². The van der Waals surface area contributed by atoms with Crippen molar-refractivity contribution in [3.63, 3.8) is 0 Å². The molecule has 1 aromatic rings. The molecule has 1 atom stereocenters. The van der Waals surface area contributed by atoms with Crippen molar-refractivity contribution in [2.75, 3.05) is 0 Å². The second kappa shape index (κ2) is 4.91. The minimum absolute atomic E-state index is 0.0444. The van der Waals surface area contributed by atoms with Gasteiger partial charge in [0, 0.05) is 0 Å². The third-order valence-corrected chi connectivity index (χ3v) is 2.50. The lowest BCUT2D eigenvalue weighted by atomic mass is 9.88. The highest BCUT2D eigenvalue weighted by molar-refractivity contribution is 5.21. The topological polar surface area (TPSA) is 20.2 Å². The summed E-state index contributed by atoms with van der Waals surface area (Å²) in [6.07, 6.45) is 0.00366. The van der Waals surface area contributed by atoms with Crippen LogP contribution >= 0.6 is 0 Å². The smallest absolute Gasteiger partial charge is 0.131 e. The summed E-state index contributed by atoms with van der Waals surface area (Å²) < 4.78 is 26.6. The Morgan fingerprint density at radius 1 is 1.19 bits per heavy atom. The second-order valence-electron chi connectivity index (χ2n) is 5.25. The van der Waals surface area contributed by atoms with Crippen LogP contribution < -0.4 is 0 Å². The van der Waals surface area contributed by atoms with Gasteiger partial charge in [-0.25, -0.2) is 8.78 Å². The lowest BCUT2D eigenvalue weighted by molar-refractivity contribution is 0.139. The Hall–Kier alpha value is -0.960. The third-order valence-electron chi connectivity index (χ3n) is 2.50. The number of aliphatic hydroxyl groups excluding tert-OH is 1. The molecule has 0 saturated carbocycles. The van der Waals surface area contributed by atoms with Crippen LogP contribution in [0.4, 0.5) is 8.78 Å². The summed E-state index contributed by atoms with van der Waals surface area (Å²) in [4.78, 5) is 0. The molecule has 3 heteroatoms. The van der Waals surface area contributed by atoms with E-state index in [2.05, 4.69) is 0 Å². The highest BCUT2D eigenvalue weighted by Crippen LogP contribution is 2.29. The Balaban J connectivity index is 2.77. The molecule has 0 spiro atoms. The van der Waals surface area contributed by atoms with Crippen molar-refractivity contribution in [2.45, 2.75) is 39.7 Å². The first kappa shape index (κ1) is 13.1. The maximum Gasteiger partial charge on any atom is 0.131 e. The number of halogens is 2. The van der Waals surface area contributed by atoms with E-state index in [1.165, 1.54) is 18.2 Å². The fraction of sp³-hybridized carbons (Fsp3) is 0.538. The fourth-order valence-electron chi connectivity index (χ4n) is 1.54. The lowest BCUT2D eigenvalue weighted by Crippen LogP contribution is -2.10. The van der Waals surface area contributed by atoms with Gasteiger partial charge in [-0.15, -0.1) is 0 Å². The minimum Gasteiger partial charge on any atom is -0.388 e. The molecule has 0 saturated heterocycles. The van der Waals surface area contributed by atoms with E-state index in [0.29, 0.717) is 12.8 Å². The van der Waals surface area contributed by atoms with Crippen LogP contribution in [0.15, 0.2) is 18.2 Å². The summed E-state index contributed by atoms with van der Waals surface area (Å²) in [7, 11) is 0. The molecule has 16 heavy (non-hydrogen) atoms. The van der Waals surface area contributed by atoms with Gasteiger partial charge in [0.2, 0.25) is 0 Å². The Morgan fingerprint density at radius 3 is 2.12 bits per heavy atom.